The van der Waals surface area contributed by atoms with Crippen molar-refractivity contribution in [1.29, 1.82) is 0 Å². The van der Waals surface area contributed by atoms with Crippen molar-refractivity contribution in [2.45, 2.75) is 199 Å². The fraction of sp³-hybridized carbons (Fsp3) is 0.821. The van der Waals surface area contributed by atoms with Gasteiger partial charge in [-0.05, 0) is 44.9 Å². The van der Waals surface area contributed by atoms with Gasteiger partial charge in [-0.25, -0.2) is 0 Å². The monoisotopic (exact) mass is 668 g/mol. The summed E-state index contributed by atoms with van der Waals surface area (Å²) < 4.78 is 32.4. The average Bonchev–Trinajstić information content (AvgIpc) is 3.01. The minimum atomic E-state index is -4.34. The maximum Gasteiger partial charge on any atom is 0.267 e. The third kappa shape index (κ3) is 33.9. The van der Waals surface area contributed by atoms with E-state index in [1.54, 1.807) is 6.08 Å². The van der Waals surface area contributed by atoms with Crippen LogP contribution >= 0.6 is 0 Å². The van der Waals surface area contributed by atoms with Crippen LogP contribution in [0.5, 0.6) is 0 Å². The van der Waals surface area contributed by atoms with Crippen molar-refractivity contribution in [3.63, 3.8) is 0 Å². The highest BCUT2D eigenvalue weighted by Crippen LogP contribution is 2.14. The second-order valence-corrected chi connectivity index (χ2v) is 14.7. The maximum absolute atomic E-state index is 12.4. The number of carbonyl (C=O) groups is 1. The van der Waals surface area contributed by atoms with Crippen LogP contribution < -0.4 is 5.32 Å². The zero-order valence-corrected chi connectivity index (χ0v) is 30.8. The number of aliphatic hydroxyl groups excluding tert-OH is 1. The molecule has 0 bridgehead atoms. The van der Waals surface area contributed by atoms with Crippen LogP contribution in [-0.2, 0) is 14.9 Å². The van der Waals surface area contributed by atoms with Gasteiger partial charge in [0.05, 0.1) is 17.9 Å². The van der Waals surface area contributed by atoms with E-state index in [1.807, 2.05) is 6.08 Å². The number of carbonyl (C=O) groups excluding carboxylic acids is 1. The number of nitrogens with one attached hydrogen (secondary N) is 1. The molecular formula is C39H73NO5S. The Morgan fingerprint density at radius 3 is 1.50 bits per heavy atom. The number of hydrogen-bond donors (Lipinski definition) is 3. The van der Waals surface area contributed by atoms with Crippen LogP contribution in [0.4, 0.5) is 0 Å². The van der Waals surface area contributed by atoms with Crippen LogP contribution in [0.15, 0.2) is 36.5 Å². The normalized spacial score (nSPS) is 13.7. The minimum absolute atomic E-state index is 0.279. The molecule has 46 heavy (non-hydrogen) atoms. The fourth-order valence-corrected chi connectivity index (χ4v) is 6.40. The zero-order valence-electron chi connectivity index (χ0n) is 29.9. The Kier molecular flexibility index (Phi) is 32.4. The van der Waals surface area contributed by atoms with Gasteiger partial charge in [0.15, 0.2) is 0 Å². The lowest BCUT2D eigenvalue weighted by Gasteiger charge is -2.21. The summed E-state index contributed by atoms with van der Waals surface area (Å²) in [5.41, 5.74) is 0. The lowest BCUT2D eigenvalue weighted by atomic mass is 10.0. The van der Waals surface area contributed by atoms with Crippen LogP contribution in [-0.4, -0.2) is 41.9 Å². The number of allylic oxidation sites excluding steroid dienone is 5. The molecule has 270 valence electrons. The van der Waals surface area contributed by atoms with Gasteiger partial charge in [-0.3, -0.25) is 9.35 Å². The molecule has 0 fully saturated rings. The van der Waals surface area contributed by atoms with Crippen molar-refractivity contribution < 1.29 is 22.9 Å². The molecule has 0 aliphatic heterocycles. The molecule has 0 radical (unpaired) electrons. The molecule has 2 atom stereocenters. The first-order chi connectivity index (χ1) is 22.3. The molecule has 0 aliphatic carbocycles. The SMILES string of the molecule is CCC/C=C\C/C=C\CCCCCCCC(=O)NC(CS(=O)(=O)O)C(O)/C=C/CCCCCCCCCCCCCCCCCC. The van der Waals surface area contributed by atoms with E-state index in [9.17, 15) is 22.9 Å². The Bertz CT molecular complexity index is 868. The van der Waals surface area contributed by atoms with Crippen LogP contribution in [0.3, 0.4) is 0 Å². The molecule has 0 spiro atoms. The summed E-state index contributed by atoms with van der Waals surface area (Å²) in [5.74, 6) is -0.997. The predicted octanol–water partition coefficient (Wildman–Crippen LogP) is 11.0. The van der Waals surface area contributed by atoms with E-state index >= 15 is 0 Å². The lowest BCUT2D eigenvalue weighted by molar-refractivity contribution is -0.122. The van der Waals surface area contributed by atoms with Crippen molar-refractivity contribution in [3.8, 4) is 0 Å². The maximum atomic E-state index is 12.4. The summed E-state index contributed by atoms with van der Waals surface area (Å²) in [5, 5.41) is 13.2. The van der Waals surface area contributed by atoms with Gasteiger partial charge < -0.3 is 10.4 Å². The summed E-state index contributed by atoms with van der Waals surface area (Å²) in [6, 6.07) is -1.06. The van der Waals surface area contributed by atoms with Crippen LogP contribution in [0.25, 0.3) is 0 Å². The summed E-state index contributed by atoms with van der Waals surface area (Å²) in [7, 11) is -4.34. The van der Waals surface area contributed by atoms with Gasteiger partial charge in [-0.1, -0.05) is 172 Å². The summed E-state index contributed by atoms with van der Waals surface area (Å²) in [6.45, 7) is 4.45. The van der Waals surface area contributed by atoms with Crippen molar-refractivity contribution in [1.82, 2.24) is 5.32 Å². The number of amides is 1. The number of rotatable bonds is 34. The first kappa shape index (κ1) is 44.6. The third-order valence-corrected chi connectivity index (χ3v) is 9.32. The van der Waals surface area contributed by atoms with Gasteiger partial charge >= 0.3 is 0 Å². The van der Waals surface area contributed by atoms with Gasteiger partial charge in [0.25, 0.3) is 10.1 Å². The van der Waals surface area contributed by atoms with Gasteiger partial charge in [0.1, 0.15) is 0 Å². The standard InChI is InChI=1S/C39H73NO5S/c1-3-5-7-9-11-13-15-17-18-19-20-21-23-24-26-28-30-32-34-38(41)37(36-46(43,44)45)40-39(42)35-33-31-29-27-25-22-16-14-12-10-8-6-4-2/h8,10,14,16,32,34,37-38,41H,3-7,9,11-13,15,17-31,33,35-36H2,1-2H3,(H,40,42)(H,43,44,45)/b10-8-,16-14-,34-32+. The molecule has 2 unspecified atom stereocenters. The van der Waals surface area contributed by atoms with Gasteiger partial charge in [0, 0.05) is 6.42 Å². The number of unbranched alkanes of at least 4 members (excludes halogenated alkanes) is 22. The van der Waals surface area contributed by atoms with Crippen LogP contribution in [0.2, 0.25) is 0 Å². The third-order valence-electron chi connectivity index (χ3n) is 8.54. The van der Waals surface area contributed by atoms with Crippen LogP contribution in [0.1, 0.15) is 187 Å². The molecule has 7 heteroatoms. The van der Waals surface area contributed by atoms with Crippen molar-refractivity contribution in [3.05, 3.63) is 36.5 Å². The number of hydrogen-bond acceptors (Lipinski definition) is 4. The smallest absolute Gasteiger partial charge is 0.267 e. The quantitative estimate of drug-likeness (QED) is 0.0360. The molecule has 0 aromatic rings. The molecule has 0 rings (SSSR count). The summed E-state index contributed by atoms with van der Waals surface area (Å²) >= 11 is 0. The Labute approximate surface area is 285 Å². The van der Waals surface area contributed by atoms with E-state index in [1.165, 1.54) is 96.3 Å². The minimum Gasteiger partial charge on any atom is -0.387 e. The van der Waals surface area contributed by atoms with E-state index in [-0.39, 0.29) is 12.3 Å². The van der Waals surface area contributed by atoms with E-state index in [0.29, 0.717) is 6.42 Å². The molecule has 3 N–H and O–H groups in total. The molecular weight excluding hydrogens is 594 g/mol. The second-order valence-electron chi connectivity index (χ2n) is 13.2. The topological polar surface area (TPSA) is 104 Å². The molecule has 0 aromatic heterocycles. The van der Waals surface area contributed by atoms with Crippen LogP contribution in [0, 0.1) is 0 Å². The first-order valence-electron chi connectivity index (χ1n) is 19.2. The van der Waals surface area contributed by atoms with E-state index in [0.717, 1.165) is 64.2 Å². The Balaban J connectivity index is 3.96. The number of aliphatic hydroxyl groups is 1. The molecule has 0 aromatic carbocycles. The highest BCUT2D eigenvalue weighted by Gasteiger charge is 2.24. The van der Waals surface area contributed by atoms with Gasteiger partial charge in [-0.15, -0.1) is 0 Å². The fourth-order valence-electron chi connectivity index (χ4n) is 5.66. The van der Waals surface area contributed by atoms with Gasteiger partial charge in [-0.2, -0.15) is 8.42 Å². The highest BCUT2D eigenvalue weighted by atomic mass is 32.2. The van der Waals surface area contributed by atoms with E-state index < -0.39 is 28.0 Å². The van der Waals surface area contributed by atoms with Crippen molar-refractivity contribution >= 4 is 16.0 Å². The molecule has 0 aliphatic rings. The molecule has 1 amide bonds. The van der Waals surface area contributed by atoms with Crippen molar-refractivity contribution in [2.75, 3.05) is 5.75 Å². The van der Waals surface area contributed by atoms with E-state index in [4.69, 9.17) is 0 Å². The highest BCUT2D eigenvalue weighted by molar-refractivity contribution is 7.85. The lowest BCUT2D eigenvalue weighted by Crippen LogP contribution is -2.46. The molecule has 6 nitrogen and oxygen atoms in total. The molecule has 0 saturated heterocycles. The largest absolute Gasteiger partial charge is 0.387 e. The molecule has 0 heterocycles. The summed E-state index contributed by atoms with van der Waals surface area (Å²) in [4.78, 5) is 12.4. The summed E-state index contributed by atoms with van der Waals surface area (Å²) in [6.07, 6.45) is 42.7. The Morgan fingerprint density at radius 2 is 1.02 bits per heavy atom. The second kappa shape index (κ2) is 33.5. The Hall–Kier alpha value is -1.44. The zero-order chi connectivity index (χ0) is 34.0. The van der Waals surface area contributed by atoms with Crippen molar-refractivity contribution in [2.24, 2.45) is 0 Å². The molecule has 0 saturated carbocycles. The predicted molar refractivity (Wildman–Crippen MR) is 198 cm³/mol. The van der Waals surface area contributed by atoms with Gasteiger partial charge in [0.2, 0.25) is 5.91 Å². The first-order valence-corrected chi connectivity index (χ1v) is 20.8. The Morgan fingerprint density at radius 1 is 0.587 bits per heavy atom. The van der Waals surface area contributed by atoms with E-state index in [2.05, 4.69) is 43.5 Å². The average molecular weight is 668 g/mol.